The van der Waals surface area contributed by atoms with Crippen LogP contribution in [-0.2, 0) is 9.59 Å². The lowest BCUT2D eigenvalue weighted by molar-refractivity contribution is -0.132. The van der Waals surface area contributed by atoms with Gasteiger partial charge in [-0.05, 0) is 30.9 Å². The van der Waals surface area contributed by atoms with Gasteiger partial charge in [0.05, 0.1) is 0 Å². The van der Waals surface area contributed by atoms with Crippen LogP contribution >= 0.6 is 0 Å². The molecule has 2 heterocycles. The number of para-hydroxylation sites is 1. The van der Waals surface area contributed by atoms with E-state index in [1.165, 1.54) is 6.42 Å². The first-order valence-corrected chi connectivity index (χ1v) is 7.81. The summed E-state index contributed by atoms with van der Waals surface area (Å²) in [6, 6.07) is 7.96. The summed E-state index contributed by atoms with van der Waals surface area (Å²) < 4.78 is 0. The van der Waals surface area contributed by atoms with Crippen LogP contribution in [0.5, 0.6) is 0 Å². The molecule has 21 heavy (non-hydrogen) atoms. The van der Waals surface area contributed by atoms with Gasteiger partial charge in [0.2, 0.25) is 11.8 Å². The molecule has 1 fully saturated rings. The fourth-order valence-corrected chi connectivity index (χ4v) is 3.45. The van der Waals surface area contributed by atoms with Gasteiger partial charge in [-0.25, -0.2) is 0 Å². The summed E-state index contributed by atoms with van der Waals surface area (Å²) in [5.41, 5.74) is 2.11. The largest absolute Gasteiger partial charge is 0.343 e. The van der Waals surface area contributed by atoms with E-state index in [1.54, 1.807) is 11.8 Å². The van der Waals surface area contributed by atoms with Crippen molar-refractivity contribution < 1.29 is 9.59 Å². The summed E-state index contributed by atoms with van der Waals surface area (Å²) >= 11 is 0. The molecule has 4 heteroatoms. The van der Waals surface area contributed by atoms with Crippen LogP contribution in [0.2, 0.25) is 0 Å². The Morgan fingerprint density at radius 3 is 2.57 bits per heavy atom. The van der Waals surface area contributed by atoms with Crippen molar-refractivity contribution in [2.75, 3.05) is 24.5 Å². The standard InChI is InChI=1S/C17H22N2O2/c1-13(20)19-12-14(15-7-3-4-8-16(15)19)11-17(21)18-9-5-2-6-10-18/h3-4,7-8,14H,2,5-6,9-12H2,1H3. The molecule has 0 radical (unpaired) electrons. The molecule has 1 saturated heterocycles. The van der Waals surface area contributed by atoms with Gasteiger partial charge in [-0.3, -0.25) is 9.59 Å². The van der Waals surface area contributed by atoms with Crippen molar-refractivity contribution in [3.8, 4) is 0 Å². The number of amides is 2. The summed E-state index contributed by atoms with van der Waals surface area (Å²) in [7, 11) is 0. The van der Waals surface area contributed by atoms with Gasteiger partial charge < -0.3 is 9.80 Å². The molecule has 4 nitrogen and oxygen atoms in total. The molecule has 0 aromatic heterocycles. The van der Waals surface area contributed by atoms with E-state index in [4.69, 9.17) is 0 Å². The Labute approximate surface area is 125 Å². The van der Waals surface area contributed by atoms with Gasteiger partial charge in [0.1, 0.15) is 0 Å². The summed E-state index contributed by atoms with van der Waals surface area (Å²) in [5, 5.41) is 0. The zero-order valence-electron chi connectivity index (χ0n) is 12.5. The molecule has 1 atom stereocenters. The lowest BCUT2D eigenvalue weighted by atomic mass is 9.97. The van der Waals surface area contributed by atoms with E-state index in [9.17, 15) is 9.59 Å². The number of benzene rings is 1. The van der Waals surface area contributed by atoms with Crippen molar-refractivity contribution in [2.24, 2.45) is 0 Å². The molecular weight excluding hydrogens is 264 g/mol. The van der Waals surface area contributed by atoms with Crippen LogP contribution in [-0.4, -0.2) is 36.3 Å². The maximum absolute atomic E-state index is 12.5. The lowest BCUT2D eigenvalue weighted by Gasteiger charge is -2.27. The summed E-state index contributed by atoms with van der Waals surface area (Å²) in [5.74, 6) is 0.426. The fraction of sp³-hybridized carbons (Fsp3) is 0.529. The van der Waals surface area contributed by atoms with E-state index in [-0.39, 0.29) is 17.7 Å². The van der Waals surface area contributed by atoms with Crippen molar-refractivity contribution in [1.29, 1.82) is 0 Å². The molecule has 2 amide bonds. The predicted octanol–water partition coefficient (Wildman–Crippen LogP) is 2.54. The number of piperidine rings is 1. The first kappa shape index (κ1) is 14.1. The Kier molecular flexibility index (Phi) is 3.95. The fourth-order valence-electron chi connectivity index (χ4n) is 3.45. The molecule has 0 N–H and O–H groups in total. The number of hydrogen-bond acceptors (Lipinski definition) is 2. The third kappa shape index (κ3) is 2.80. The summed E-state index contributed by atoms with van der Waals surface area (Å²) in [6.45, 7) is 4.01. The van der Waals surface area contributed by atoms with E-state index in [0.717, 1.165) is 37.2 Å². The zero-order valence-corrected chi connectivity index (χ0v) is 12.5. The first-order valence-electron chi connectivity index (χ1n) is 7.81. The van der Waals surface area contributed by atoms with E-state index in [2.05, 4.69) is 0 Å². The second-order valence-electron chi connectivity index (χ2n) is 6.03. The van der Waals surface area contributed by atoms with Crippen LogP contribution in [0.4, 0.5) is 5.69 Å². The highest BCUT2D eigenvalue weighted by atomic mass is 16.2. The highest BCUT2D eigenvalue weighted by molar-refractivity contribution is 5.94. The van der Waals surface area contributed by atoms with Gasteiger partial charge in [0.25, 0.3) is 0 Å². The molecule has 0 saturated carbocycles. The number of fused-ring (bicyclic) bond motifs is 1. The molecule has 0 spiro atoms. The molecule has 0 bridgehead atoms. The molecule has 0 aliphatic carbocycles. The first-order chi connectivity index (χ1) is 10.2. The van der Waals surface area contributed by atoms with Gasteiger partial charge in [-0.2, -0.15) is 0 Å². The van der Waals surface area contributed by atoms with Crippen molar-refractivity contribution in [3.63, 3.8) is 0 Å². The molecule has 1 aromatic carbocycles. The van der Waals surface area contributed by atoms with Crippen LogP contribution in [0.15, 0.2) is 24.3 Å². The number of nitrogens with zero attached hydrogens (tertiary/aromatic N) is 2. The van der Waals surface area contributed by atoms with Crippen LogP contribution in [0.1, 0.15) is 44.1 Å². The number of carbonyl (C=O) groups is 2. The number of anilines is 1. The minimum absolute atomic E-state index is 0.0513. The summed E-state index contributed by atoms with van der Waals surface area (Å²) in [6.07, 6.45) is 3.98. The second-order valence-corrected chi connectivity index (χ2v) is 6.03. The topological polar surface area (TPSA) is 40.6 Å². The lowest BCUT2D eigenvalue weighted by Crippen LogP contribution is -2.37. The van der Waals surface area contributed by atoms with Crippen molar-refractivity contribution in [2.45, 2.75) is 38.5 Å². The Hall–Kier alpha value is -1.84. The molecular formula is C17H22N2O2. The van der Waals surface area contributed by atoms with Gasteiger partial charge in [0, 0.05) is 44.6 Å². The van der Waals surface area contributed by atoms with Gasteiger partial charge in [0.15, 0.2) is 0 Å². The highest BCUT2D eigenvalue weighted by Gasteiger charge is 2.32. The molecule has 1 aromatic rings. The van der Waals surface area contributed by atoms with Crippen LogP contribution < -0.4 is 4.90 Å². The Bertz CT molecular complexity index is 549. The Morgan fingerprint density at radius 2 is 1.86 bits per heavy atom. The third-order valence-corrected chi connectivity index (χ3v) is 4.58. The average molecular weight is 286 g/mol. The van der Waals surface area contributed by atoms with Crippen LogP contribution in [0.25, 0.3) is 0 Å². The van der Waals surface area contributed by atoms with Crippen molar-refractivity contribution in [3.05, 3.63) is 29.8 Å². The molecule has 2 aliphatic heterocycles. The van der Waals surface area contributed by atoms with E-state index >= 15 is 0 Å². The van der Waals surface area contributed by atoms with Crippen LogP contribution in [0, 0.1) is 0 Å². The maximum atomic E-state index is 12.5. The van der Waals surface area contributed by atoms with Gasteiger partial charge in [-0.1, -0.05) is 18.2 Å². The molecule has 3 rings (SSSR count). The Morgan fingerprint density at radius 1 is 1.14 bits per heavy atom. The van der Waals surface area contributed by atoms with E-state index in [0.29, 0.717) is 13.0 Å². The number of rotatable bonds is 2. The van der Waals surface area contributed by atoms with Crippen LogP contribution in [0.3, 0.4) is 0 Å². The third-order valence-electron chi connectivity index (χ3n) is 4.58. The molecule has 112 valence electrons. The van der Waals surface area contributed by atoms with Gasteiger partial charge in [-0.15, -0.1) is 0 Å². The van der Waals surface area contributed by atoms with Gasteiger partial charge >= 0.3 is 0 Å². The quantitative estimate of drug-likeness (QED) is 0.838. The SMILES string of the molecule is CC(=O)N1CC(CC(=O)N2CCCCC2)c2ccccc21. The minimum atomic E-state index is 0.0513. The zero-order chi connectivity index (χ0) is 14.8. The number of hydrogen-bond donors (Lipinski definition) is 0. The van der Waals surface area contributed by atoms with E-state index in [1.807, 2.05) is 29.2 Å². The molecule has 1 unspecified atom stereocenters. The van der Waals surface area contributed by atoms with E-state index < -0.39 is 0 Å². The van der Waals surface area contributed by atoms with Crippen molar-refractivity contribution >= 4 is 17.5 Å². The maximum Gasteiger partial charge on any atom is 0.223 e. The Balaban J connectivity index is 1.74. The van der Waals surface area contributed by atoms with Crippen molar-refractivity contribution in [1.82, 2.24) is 4.90 Å². The predicted molar refractivity (Wildman–Crippen MR) is 82.3 cm³/mol. The normalized spacial score (nSPS) is 21.3. The number of likely N-dealkylation sites (tertiary alicyclic amines) is 1. The smallest absolute Gasteiger partial charge is 0.223 e. The monoisotopic (exact) mass is 286 g/mol. The number of carbonyl (C=O) groups excluding carboxylic acids is 2. The minimum Gasteiger partial charge on any atom is -0.343 e. The summed E-state index contributed by atoms with van der Waals surface area (Å²) in [4.78, 5) is 28.0. The average Bonchev–Trinajstić information content (AvgIpc) is 2.87. The highest BCUT2D eigenvalue weighted by Crippen LogP contribution is 2.38. The second kappa shape index (κ2) is 5.88. The molecule has 2 aliphatic rings.